The summed E-state index contributed by atoms with van der Waals surface area (Å²) in [6.07, 6.45) is 8.02. The van der Waals surface area contributed by atoms with Crippen LogP contribution in [0, 0.1) is 11.7 Å². The van der Waals surface area contributed by atoms with E-state index in [1.165, 1.54) is 28.0 Å². The number of para-hydroxylation sites is 1. The summed E-state index contributed by atoms with van der Waals surface area (Å²) in [5.74, 6) is -0.351. The van der Waals surface area contributed by atoms with Gasteiger partial charge in [-0.15, -0.1) is 0 Å². The van der Waals surface area contributed by atoms with Crippen molar-refractivity contribution in [2.24, 2.45) is 5.92 Å². The average Bonchev–Trinajstić information content (AvgIpc) is 3.61. The molecule has 2 aliphatic heterocycles. The highest BCUT2D eigenvalue weighted by molar-refractivity contribution is 6.07. The monoisotopic (exact) mass is 488 g/mol. The van der Waals surface area contributed by atoms with Crippen LogP contribution in [-0.4, -0.2) is 51.4 Å². The molecule has 1 aromatic heterocycles. The number of rotatable bonds is 6. The molecule has 1 aliphatic carbocycles. The normalized spacial score (nSPS) is 24.2. The third kappa shape index (κ3) is 4.09. The van der Waals surface area contributed by atoms with Gasteiger partial charge < -0.3 is 10.3 Å². The highest BCUT2D eigenvalue weighted by atomic mass is 19.1. The van der Waals surface area contributed by atoms with Crippen LogP contribution in [0.3, 0.4) is 0 Å². The number of fused-ring (bicyclic) bond motifs is 1. The molecule has 6 rings (SSSR count). The maximum atomic E-state index is 14.0. The first-order valence-electron chi connectivity index (χ1n) is 13.2. The van der Waals surface area contributed by atoms with Crippen LogP contribution in [-0.2, 0) is 17.8 Å². The van der Waals surface area contributed by atoms with E-state index >= 15 is 0 Å². The molecule has 0 bridgehead atoms. The van der Waals surface area contributed by atoms with Crippen LogP contribution in [0.4, 0.5) is 9.18 Å². The first-order valence-corrected chi connectivity index (χ1v) is 13.2. The Morgan fingerprint density at radius 3 is 2.42 bits per heavy atom. The average molecular weight is 489 g/mol. The minimum absolute atomic E-state index is 0.00504. The first-order chi connectivity index (χ1) is 17.5. The maximum absolute atomic E-state index is 14.0. The Balaban J connectivity index is 1.23. The zero-order valence-corrected chi connectivity index (χ0v) is 20.5. The van der Waals surface area contributed by atoms with Crippen LogP contribution in [0.2, 0.25) is 0 Å². The van der Waals surface area contributed by atoms with E-state index < -0.39 is 5.54 Å². The lowest BCUT2D eigenvalue weighted by Crippen LogP contribution is -2.57. The Morgan fingerprint density at radius 2 is 1.67 bits per heavy atom. The van der Waals surface area contributed by atoms with Crippen molar-refractivity contribution in [2.75, 3.05) is 13.1 Å². The third-order valence-corrected chi connectivity index (χ3v) is 8.59. The van der Waals surface area contributed by atoms with Gasteiger partial charge in [0, 0.05) is 36.1 Å². The number of hydrogen-bond acceptors (Lipinski definition) is 3. The number of nitrogens with one attached hydrogen (secondary N) is 2. The lowest BCUT2D eigenvalue weighted by molar-refractivity contribution is -0.135. The molecule has 3 aromatic rings. The highest BCUT2D eigenvalue weighted by Crippen LogP contribution is 2.39. The van der Waals surface area contributed by atoms with E-state index in [-0.39, 0.29) is 29.7 Å². The quantitative estimate of drug-likeness (QED) is 0.480. The number of hydrogen-bond donors (Lipinski definition) is 2. The minimum atomic E-state index is -0.968. The summed E-state index contributed by atoms with van der Waals surface area (Å²) < 4.78 is 13.6. The van der Waals surface area contributed by atoms with Gasteiger partial charge in [-0.05, 0) is 74.0 Å². The van der Waals surface area contributed by atoms with Gasteiger partial charge in [-0.1, -0.05) is 43.2 Å². The molecule has 3 heterocycles. The van der Waals surface area contributed by atoms with Gasteiger partial charge >= 0.3 is 6.03 Å². The second-order valence-electron chi connectivity index (χ2n) is 10.7. The summed E-state index contributed by atoms with van der Waals surface area (Å²) in [5, 5.41) is 4.43. The fourth-order valence-corrected chi connectivity index (χ4v) is 6.66. The molecule has 2 saturated heterocycles. The van der Waals surface area contributed by atoms with Crippen molar-refractivity contribution in [3.05, 3.63) is 71.7 Å². The molecule has 3 aliphatic rings. The van der Waals surface area contributed by atoms with Gasteiger partial charge in [0.2, 0.25) is 0 Å². The molecule has 0 unspecified atom stereocenters. The van der Waals surface area contributed by atoms with Gasteiger partial charge in [0.25, 0.3) is 5.91 Å². The number of carbonyl (C=O) groups excluding carboxylic acids is 2. The lowest BCUT2D eigenvalue weighted by Gasteiger charge is -2.41. The Labute approximate surface area is 210 Å². The van der Waals surface area contributed by atoms with Crippen molar-refractivity contribution in [1.82, 2.24) is 20.1 Å². The second-order valence-corrected chi connectivity index (χ2v) is 10.7. The molecule has 36 heavy (non-hydrogen) atoms. The zero-order valence-electron chi connectivity index (χ0n) is 20.5. The number of benzene rings is 2. The molecule has 3 amide bonds. The number of urea groups is 1. The van der Waals surface area contributed by atoms with Gasteiger partial charge in [-0.25, -0.2) is 9.18 Å². The number of aromatic nitrogens is 1. The van der Waals surface area contributed by atoms with E-state index in [9.17, 15) is 14.0 Å². The Hall–Kier alpha value is -3.19. The molecule has 2 aromatic carbocycles. The molecule has 0 radical (unpaired) electrons. The number of carbonyl (C=O) groups is 2. The van der Waals surface area contributed by atoms with Crippen LogP contribution in [0.1, 0.15) is 49.7 Å². The SMILES string of the molecule is O=C1N[C@](Cc2ccc(F)cc2)(C2CCN(Cc3c[nH]c4ccccc34)CC2)C(=O)N1C1CCCC1. The number of H-pyrrole nitrogens is 1. The molecule has 2 N–H and O–H groups in total. The molecular formula is C29H33FN4O2. The predicted octanol–water partition coefficient (Wildman–Crippen LogP) is 4.99. The fraction of sp³-hybridized carbons (Fsp3) is 0.448. The molecule has 6 nitrogen and oxygen atoms in total. The van der Waals surface area contributed by atoms with Gasteiger partial charge in [-0.3, -0.25) is 14.6 Å². The number of amides is 3. The van der Waals surface area contributed by atoms with E-state index in [1.54, 1.807) is 12.1 Å². The number of likely N-dealkylation sites (tertiary alicyclic amines) is 1. The van der Waals surface area contributed by atoms with E-state index in [4.69, 9.17) is 0 Å². The minimum Gasteiger partial charge on any atom is -0.361 e. The summed E-state index contributed by atoms with van der Waals surface area (Å²) in [7, 11) is 0. The van der Waals surface area contributed by atoms with Crippen molar-refractivity contribution in [3.63, 3.8) is 0 Å². The van der Waals surface area contributed by atoms with Crippen molar-refractivity contribution in [1.29, 1.82) is 0 Å². The standard InChI is InChI=1S/C29H33FN4O2/c30-23-11-9-20(10-12-23)17-29(27(35)34(28(36)32-29)24-5-1-2-6-24)22-13-15-33(16-14-22)19-21-18-31-26-8-4-3-7-25(21)26/h3-4,7-12,18,22,24,31H,1-2,5-6,13-17,19H2,(H,32,36)/t29-/m1/s1. The van der Waals surface area contributed by atoms with E-state index in [2.05, 4.69) is 39.6 Å². The van der Waals surface area contributed by atoms with E-state index in [1.807, 2.05) is 6.07 Å². The molecule has 1 saturated carbocycles. The first kappa shape index (κ1) is 23.2. The predicted molar refractivity (Wildman–Crippen MR) is 137 cm³/mol. The Kier molecular flexibility index (Phi) is 6.04. The van der Waals surface area contributed by atoms with Gasteiger partial charge in [0.05, 0.1) is 0 Å². The second kappa shape index (κ2) is 9.36. The van der Waals surface area contributed by atoms with Crippen molar-refractivity contribution in [3.8, 4) is 0 Å². The van der Waals surface area contributed by atoms with Gasteiger partial charge in [0.1, 0.15) is 11.4 Å². The summed E-state index contributed by atoms with van der Waals surface area (Å²) >= 11 is 0. The molecule has 7 heteroatoms. The van der Waals surface area contributed by atoms with Gasteiger partial charge in [0.15, 0.2) is 0 Å². The van der Waals surface area contributed by atoms with Crippen LogP contribution in [0.25, 0.3) is 10.9 Å². The number of halogens is 1. The number of piperidine rings is 1. The molecule has 3 fully saturated rings. The van der Waals surface area contributed by atoms with Crippen LogP contribution >= 0.6 is 0 Å². The molecule has 188 valence electrons. The smallest absolute Gasteiger partial charge is 0.325 e. The number of imide groups is 1. The third-order valence-electron chi connectivity index (χ3n) is 8.59. The zero-order chi connectivity index (χ0) is 24.7. The molecule has 0 spiro atoms. The van der Waals surface area contributed by atoms with Gasteiger partial charge in [-0.2, -0.15) is 0 Å². The molecule has 1 atom stereocenters. The summed E-state index contributed by atoms with van der Waals surface area (Å²) in [6, 6.07) is 14.4. The summed E-state index contributed by atoms with van der Waals surface area (Å²) in [5.41, 5.74) is 2.33. The fourth-order valence-electron chi connectivity index (χ4n) is 6.66. The van der Waals surface area contributed by atoms with E-state index in [0.717, 1.165) is 69.2 Å². The van der Waals surface area contributed by atoms with Crippen LogP contribution in [0.15, 0.2) is 54.7 Å². The molecular weight excluding hydrogens is 455 g/mol. The number of aromatic amines is 1. The van der Waals surface area contributed by atoms with Crippen molar-refractivity contribution < 1.29 is 14.0 Å². The Bertz CT molecular complexity index is 1260. The number of nitrogens with zero attached hydrogens (tertiary/aromatic N) is 2. The topological polar surface area (TPSA) is 68.4 Å². The van der Waals surface area contributed by atoms with Crippen LogP contribution in [0.5, 0.6) is 0 Å². The van der Waals surface area contributed by atoms with Crippen molar-refractivity contribution in [2.45, 2.75) is 63.1 Å². The maximum Gasteiger partial charge on any atom is 0.325 e. The summed E-state index contributed by atoms with van der Waals surface area (Å²) in [4.78, 5) is 34.5. The largest absolute Gasteiger partial charge is 0.361 e. The summed E-state index contributed by atoms with van der Waals surface area (Å²) in [6.45, 7) is 2.58. The van der Waals surface area contributed by atoms with E-state index in [0.29, 0.717) is 6.42 Å². The van der Waals surface area contributed by atoms with Crippen molar-refractivity contribution >= 4 is 22.8 Å². The highest BCUT2D eigenvalue weighted by Gasteiger charge is 2.57. The van der Waals surface area contributed by atoms with Crippen LogP contribution < -0.4 is 5.32 Å². The Morgan fingerprint density at radius 1 is 0.944 bits per heavy atom. The lowest BCUT2D eigenvalue weighted by atomic mass is 9.73.